The zero-order valence-corrected chi connectivity index (χ0v) is 11.1. The normalized spacial score (nSPS) is 20.1. The van der Waals surface area contributed by atoms with Crippen LogP contribution in [0.25, 0.3) is 0 Å². The summed E-state index contributed by atoms with van der Waals surface area (Å²) in [5, 5.41) is 4.18. The number of hydrogen-bond acceptors (Lipinski definition) is 3. The largest absolute Gasteiger partial charge is 0.341 e. The SMILES string of the molecule is CCCCCC(=O)N1CCCC(n2cncn2)C1. The van der Waals surface area contributed by atoms with Crippen LogP contribution in [0.4, 0.5) is 0 Å². The second-order valence-electron chi connectivity index (χ2n) is 4.97. The number of nitrogens with zero attached hydrogens (tertiary/aromatic N) is 4. The van der Waals surface area contributed by atoms with Crippen LogP contribution in [0.3, 0.4) is 0 Å². The van der Waals surface area contributed by atoms with E-state index in [1.54, 1.807) is 12.7 Å². The summed E-state index contributed by atoms with van der Waals surface area (Å²) in [6.07, 6.45) is 9.46. The number of carbonyl (C=O) groups excluding carboxylic acids is 1. The highest BCUT2D eigenvalue weighted by molar-refractivity contribution is 5.76. The molecule has 100 valence electrons. The van der Waals surface area contributed by atoms with Crippen molar-refractivity contribution in [1.82, 2.24) is 19.7 Å². The Morgan fingerprint density at radius 3 is 3.06 bits per heavy atom. The van der Waals surface area contributed by atoms with Gasteiger partial charge in [-0.25, -0.2) is 9.67 Å². The summed E-state index contributed by atoms with van der Waals surface area (Å²) in [6.45, 7) is 3.84. The van der Waals surface area contributed by atoms with Gasteiger partial charge >= 0.3 is 0 Å². The second kappa shape index (κ2) is 6.52. The number of amides is 1. The van der Waals surface area contributed by atoms with Crippen LogP contribution in [-0.4, -0.2) is 38.7 Å². The Balaban J connectivity index is 1.84. The standard InChI is InChI=1S/C13H22N4O/c1-2-3-4-7-13(18)16-8-5-6-12(9-16)17-11-14-10-15-17/h10-12H,2-9H2,1H3. The number of rotatable bonds is 5. The highest BCUT2D eigenvalue weighted by Crippen LogP contribution is 2.21. The van der Waals surface area contributed by atoms with E-state index in [1.807, 2.05) is 9.58 Å². The third-order valence-electron chi connectivity index (χ3n) is 3.55. The maximum atomic E-state index is 12.1. The number of carbonyl (C=O) groups is 1. The van der Waals surface area contributed by atoms with Gasteiger partial charge in [0.15, 0.2) is 0 Å². The third-order valence-corrected chi connectivity index (χ3v) is 3.55. The van der Waals surface area contributed by atoms with E-state index in [1.165, 1.54) is 0 Å². The molecule has 0 N–H and O–H groups in total. The first-order chi connectivity index (χ1) is 8.81. The summed E-state index contributed by atoms with van der Waals surface area (Å²) in [6, 6.07) is 0.302. The van der Waals surface area contributed by atoms with Crippen LogP contribution < -0.4 is 0 Å². The summed E-state index contributed by atoms with van der Waals surface area (Å²) in [4.78, 5) is 18.0. The van der Waals surface area contributed by atoms with E-state index in [2.05, 4.69) is 17.0 Å². The van der Waals surface area contributed by atoms with E-state index in [4.69, 9.17) is 0 Å². The molecule has 1 aromatic rings. The molecular formula is C13H22N4O. The van der Waals surface area contributed by atoms with E-state index in [-0.39, 0.29) is 0 Å². The van der Waals surface area contributed by atoms with Crippen LogP contribution in [0.1, 0.15) is 51.5 Å². The maximum absolute atomic E-state index is 12.1. The van der Waals surface area contributed by atoms with E-state index >= 15 is 0 Å². The fourth-order valence-electron chi connectivity index (χ4n) is 2.49. The molecule has 0 spiro atoms. The van der Waals surface area contributed by atoms with Gasteiger partial charge in [0.1, 0.15) is 12.7 Å². The topological polar surface area (TPSA) is 51.0 Å². The van der Waals surface area contributed by atoms with Gasteiger partial charge in [-0.05, 0) is 19.3 Å². The monoisotopic (exact) mass is 250 g/mol. The Morgan fingerprint density at radius 1 is 1.44 bits per heavy atom. The van der Waals surface area contributed by atoms with Gasteiger partial charge < -0.3 is 4.90 Å². The number of aromatic nitrogens is 3. The first kappa shape index (κ1) is 13.1. The Bertz CT molecular complexity index is 363. The van der Waals surface area contributed by atoms with Crippen molar-refractivity contribution < 1.29 is 4.79 Å². The molecule has 1 aliphatic heterocycles. The molecule has 0 bridgehead atoms. The predicted octanol–water partition coefficient (Wildman–Crippen LogP) is 2.02. The van der Waals surface area contributed by atoms with Crippen molar-refractivity contribution in [3.05, 3.63) is 12.7 Å². The van der Waals surface area contributed by atoms with Crippen molar-refractivity contribution in [3.63, 3.8) is 0 Å². The Labute approximate surface area is 108 Å². The minimum Gasteiger partial charge on any atom is -0.341 e. The van der Waals surface area contributed by atoms with Crippen molar-refractivity contribution >= 4 is 5.91 Å². The summed E-state index contributed by atoms with van der Waals surface area (Å²) < 4.78 is 1.88. The Morgan fingerprint density at radius 2 is 2.33 bits per heavy atom. The average Bonchev–Trinajstić information content (AvgIpc) is 2.93. The van der Waals surface area contributed by atoms with Gasteiger partial charge in [-0.1, -0.05) is 19.8 Å². The molecule has 5 heteroatoms. The van der Waals surface area contributed by atoms with Crippen LogP contribution in [0.15, 0.2) is 12.7 Å². The number of piperidine rings is 1. The van der Waals surface area contributed by atoms with Crippen LogP contribution in [0.2, 0.25) is 0 Å². The molecule has 0 saturated carbocycles. The molecule has 1 aromatic heterocycles. The number of unbranched alkanes of at least 4 members (excludes halogenated alkanes) is 2. The van der Waals surface area contributed by atoms with Crippen LogP contribution in [0, 0.1) is 0 Å². The molecule has 2 rings (SSSR count). The Hall–Kier alpha value is -1.39. The molecule has 1 atom stereocenters. The van der Waals surface area contributed by atoms with Gasteiger partial charge in [0.25, 0.3) is 0 Å². The van der Waals surface area contributed by atoms with Crippen LogP contribution in [-0.2, 0) is 4.79 Å². The maximum Gasteiger partial charge on any atom is 0.222 e. The predicted molar refractivity (Wildman–Crippen MR) is 69.0 cm³/mol. The highest BCUT2D eigenvalue weighted by atomic mass is 16.2. The first-order valence-corrected chi connectivity index (χ1v) is 6.93. The lowest BCUT2D eigenvalue weighted by Crippen LogP contribution is -2.40. The van der Waals surface area contributed by atoms with Crippen molar-refractivity contribution in [2.24, 2.45) is 0 Å². The lowest BCUT2D eigenvalue weighted by atomic mass is 10.0. The molecule has 2 heterocycles. The minimum atomic E-state index is 0.299. The van der Waals surface area contributed by atoms with E-state index < -0.39 is 0 Å². The fourth-order valence-corrected chi connectivity index (χ4v) is 2.49. The molecule has 1 unspecified atom stereocenters. The smallest absolute Gasteiger partial charge is 0.222 e. The summed E-state index contributed by atoms with van der Waals surface area (Å²) in [5.41, 5.74) is 0. The third kappa shape index (κ3) is 3.31. The second-order valence-corrected chi connectivity index (χ2v) is 4.97. The number of hydrogen-bond donors (Lipinski definition) is 0. The zero-order chi connectivity index (χ0) is 12.8. The molecular weight excluding hydrogens is 228 g/mol. The van der Waals surface area contributed by atoms with Gasteiger partial charge in [-0.3, -0.25) is 4.79 Å². The summed E-state index contributed by atoms with van der Waals surface area (Å²) in [5.74, 6) is 0.299. The van der Waals surface area contributed by atoms with Crippen molar-refractivity contribution in [2.45, 2.75) is 51.5 Å². The summed E-state index contributed by atoms with van der Waals surface area (Å²) in [7, 11) is 0. The molecule has 18 heavy (non-hydrogen) atoms. The molecule has 1 fully saturated rings. The van der Waals surface area contributed by atoms with Crippen molar-refractivity contribution in [3.8, 4) is 0 Å². The molecule has 0 aliphatic carbocycles. The highest BCUT2D eigenvalue weighted by Gasteiger charge is 2.24. The zero-order valence-electron chi connectivity index (χ0n) is 11.1. The van der Waals surface area contributed by atoms with Gasteiger partial charge in [0.2, 0.25) is 5.91 Å². The summed E-state index contributed by atoms with van der Waals surface area (Å²) >= 11 is 0. The van der Waals surface area contributed by atoms with Gasteiger partial charge in [0, 0.05) is 19.5 Å². The van der Waals surface area contributed by atoms with E-state index in [0.717, 1.165) is 45.2 Å². The van der Waals surface area contributed by atoms with Gasteiger partial charge in [-0.15, -0.1) is 0 Å². The Kier molecular flexibility index (Phi) is 4.73. The average molecular weight is 250 g/mol. The van der Waals surface area contributed by atoms with Crippen LogP contribution >= 0.6 is 0 Å². The minimum absolute atomic E-state index is 0.299. The lowest BCUT2D eigenvalue weighted by Gasteiger charge is -2.32. The first-order valence-electron chi connectivity index (χ1n) is 6.93. The fraction of sp³-hybridized carbons (Fsp3) is 0.769. The van der Waals surface area contributed by atoms with Gasteiger partial charge in [0.05, 0.1) is 6.04 Å². The number of likely N-dealkylation sites (tertiary alicyclic amines) is 1. The molecule has 0 aromatic carbocycles. The van der Waals surface area contributed by atoms with Crippen LogP contribution in [0.5, 0.6) is 0 Å². The molecule has 1 amide bonds. The quantitative estimate of drug-likeness (QED) is 0.751. The van der Waals surface area contributed by atoms with Crippen molar-refractivity contribution in [1.29, 1.82) is 0 Å². The van der Waals surface area contributed by atoms with E-state index in [9.17, 15) is 4.79 Å². The molecule has 1 aliphatic rings. The van der Waals surface area contributed by atoms with Crippen molar-refractivity contribution in [2.75, 3.05) is 13.1 Å². The molecule has 1 saturated heterocycles. The molecule has 0 radical (unpaired) electrons. The van der Waals surface area contributed by atoms with Gasteiger partial charge in [-0.2, -0.15) is 5.10 Å². The lowest BCUT2D eigenvalue weighted by molar-refractivity contribution is -0.133. The molecule has 5 nitrogen and oxygen atoms in total. The van der Waals surface area contributed by atoms with E-state index in [0.29, 0.717) is 18.4 Å².